The summed E-state index contributed by atoms with van der Waals surface area (Å²) in [6.07, 6.45) is 13.6. The first-order valence-electron chi connectivity index (χ1n) is 11.5. The Kier molecular flexibility index (Phi) is 10.3. The summed E-state index contributed by atoms with van der Waals surface area (Å²) in [6, 6.07) is 4.59. The second-order valence-corrected chi connectivity index (χ2v) is 8.41. The van der Waals surface area contributed by atoms with Gasteiger partial charge in [0.25, 0.3) is 0 Å². The van der Waals surface area contributed by atoms with Crippen LogP contribution in [0.4, 0.5) is 11.4 Å². The van der Waals surface area contributed by atoms with Crippen molar-refractivity contribution >= 4 is 29.7 Å². The number of hydrogen-bond donors (Lipinski definition) is 0. The first-order chi connectivity index (χ1) is 13.7. The molecule has 2 aliphatic heterocycles. The lowest BCUT2D eigenvalue weighted by molar-refractivity contribution is 0.137. The van der Waals surface area contributed by atoms with Crippen molar-refractivity contribution in [3.63, 3.8) is 0 Å². The SMILES string of the molecule is CCCCCCCCCCCCOCN1C2=NCCN2c2cc(C)c(C)cc21.Cl. The van der Waals surface area contributed by atoms with Gasteiger partial charge < -0.3 is 9.64 Å². The van der Waals surface area contributed by atoms with Gasteiger partial charge in [-0.1, -0.05) is 64.7 Å². The lowest BCUT2D eigenvalue weighted by Gasteiger charge is -2.19. The van der Waals surface area contributed by atoms with Crippen molar-refractivity contribution < 1.29 is 4.74 Å². The zero-order valence-corrected chi connectivity index (χ0v) is 19.5. The highest BCUT2D eigenvalue weighted by Crippen LogP contribution is 2.40. The zero-order valence-electron chi connectivity index (χ0n) is 18.7. The predicted octanol–water partition coefficient (Wildman–Crippen LogP) is 6.62. The number of nitrogens with zero attached hydrogens (tertiary/aromatic N) is 3. The number of unbranched alkanes of at least 4 members (excludes halogenated alkanes) is 9. The van der Waals surface area contributed by atoms with E-state index >= 15 is 0 Å². The monoisotopic (exact) mass is 421 g/mol. The van der Waals surface area contributed by atoms with Crippen LogP contribution >= 0.6 is 12.4 Å². The molecule has 0 radical (unpaired) electrons. The molecule has 164 valence electrons. The average Bonchev–Trinajstić information content (AvgIpc) is 3.26. The standard InChI is InChI=1S/C24H39N3O.ClH/c1-4-5-6-7-8-9-10-11-12-13-16-28-19-27-23-18-21(3)20(2)17-22(23)26-15-14-25-24(26)27;/h17-18H,4-16,19H2,1-3H3;1H. The highest BCUT2D eigenvalue weighted by Gasteiger charge is 2.35. The third-order valence-electron chi connectivity index (χ3n) is 6.09. The Hall–Kier alpha value is -1.26. The molecule has 3 rings (SSSR count). The number of aryl methyl sites for hydroxylation is 2. The first-order valence-corrected chi connectivity index (χ1v) is 11.5. The normalized spacial score (nSPS) is 14.7. The number of ether oxygens (including phenoxy) is 1. The first kappa shape index (κ1) is 24.0. The largest absolute Gasteiger partial charge is 0.361 e. The van der Waals surface area contributed by atoms with E-state index in [1.165, 1.54) is 86.7 Å². The van der Waals surface area contributed by atoms with Crippen LogP contribution in [0.1, 0.15) is 82.3 Å². The van der Waals surface area contributed by atoms with Gasteiger partial charge in [0.05, 0.1) is 17.9 Å². The van der Waals surface area contributed by atoms with Crippen LogP contribution in [-0.2, 0) is 4.74 Å². The molecule has 0 aliphatic carbocycles. The molecule has 2 heterocycles. The lowest BCUT2D eigenvalue weighted by Crippen LogP contribution is -2.36. The van der Waals surface area contributed by atoms with E-state index in [0.29, 0.717) is 6.73 Å². The quantitative estimate of drug-likeness (QED) is 0.335. The number of rotatable bonds is 13. The van der Waals surface area contributed by atoms with Crippen LogP contribution < -0.4 is 9.80 Å². The topological polar surface area (TPSA) is 28.1 Å². The van der Waals surface area contributed by atoms with Crippen LogP contribution in [0.25, 0.3) is 0 Å². The number of guanidine groups is 1. The smallest absolute Gasteiger partial charge is 0.207 e. The summed E-state index contributed by atoms with van der Waals surface area (Å²) in [4.78, 5) is 9.31. The van der Waals surface area contributed by atoms with Crippen LogP contribution in [0.5, 0.6) is 0 Å². The Morgan fingerprint density at radius 3 is 2.10 bits per heavy atom. The number of fused-ring (bicyclic) bond motifs is 3. The molecular weight excluding hydrogens is 382 g/mol. The molecule has 1 aromatic rings. The van der Waals surface area contributed by atoms with Crippen LogP contribution in [0.3, 0.4) is 0 Å². The van der Waals surface area contributed by atoms with Gasteiger partial charge in [0, 0.05) is 13.2 Å². The summed E-state index contributed by atoms with van der Waals surface area (Å²) in [6.45, 7) is 9.99. The average molecular weight is 422 g/mol. The Balaban J connectivity index is 0.00000300. The van der Waals surface area contributed by atoms with Gasteiger partial charge in [0.1, 0.15) is 6.73 Å². The molecule has 0 saturated heterocycles. The molecule has 0 unspecified atom stereocenters. The third-order valence-corrected chi connectivity index (χ3v) is 6.09. The zero-order chi connectivity index (χ0) is 19.8. The van der Waals surface area contributed by atoms with Gasteiger partial charge in [0.2, 0.25) is 5.96 Å². The van der Waals surface area contributed by atoms with Gasteiger partial charge >= 0.3 is 0 Å². The summed E-state index contributed by atoms with van der Waals surface area (Å²) in [5.41, 5.74) is 5.23. The van der Waals surface area contributed by atoms with Gasteiger partial charge in [0.15, 0.2) is 0 Å². The number of anilines is 2. The van der Waals surface area contributed by atoms with E-state index in [-0.39, 0.29) is 12.4 Å². The van der Waals surface area contributed by atoms with Crippen LogP contribution in [-0.4, -0.2) is 32.4 Å². The van der Waals surface area contributed by atoms with E-state index in [0.717, 1.165) is 25.7 Å². The number of hydrogen-bond acceptors (Lipinski definition) is 4. The molecule has 1 aromatic carbocycles. The summed E-state index contributed by atoms with van der Waals surface area (Å²) in [5, 5.41) is 0. The summed E-state index contributed by atoms with van der Waals surface area (Å²) in [7, 11) is 0. The molecule has 0 aromatic heterocycles. The highest BCUT2D eigenvalue weighted by atomic mass is 35.5. The van der Waals surface area contributed by atoms with Gasteiger partial charge in [-0.2, -0.15) is 0 Å². The van der Waals surface area contributed by atoms with E-state index in [9.17, 15) is 0 Å². The van der Waals surface area contributed by atoms with E-state index in [2.05, 4.69) is 42.7 Å². The number of aliphatic imine (C=N–C) groups is 1. The van der Waals surface area contributed by atoms with Crippen molar-refractivity contribution in [1.82, 2.24) is 0 Å². The van der Waals surface area contributed by atoms with E-state index < -0.39 is 0 Å². The minimum atomic E-state index is 0. The number of benzene rings is 1. The van der Waals surface area contributed by atoms with Crippen molar-refractivity contribution in [2.45, 2.75) is 85.0 Å². The Morgan fingerprint density at radius 2 is 1.45 bits per heavy atom. The predicted molar refractivity (Wildman–Crippen MR) is 128 cm³/mol. The highest BCUT2D eigenvalue weighted by molar-refractivity contribution is 6.17. The molecule has 2 aliphatic rings. The molecule has 4 nitrogen and oxygen atoms in total. The Morgan fingerprint density at radius 1 is 0.862 bits per heavy atom. The van der Waals surface area contributed by atoms with Gasteiger partial charge in [-0.3, -0.25) is 9.89 Å². The van der Waals surface area contributed by atoms with Crippen LogP contribution in [0.15, 0.2) is 17.1 Å². The third kappa shape index (κ3) is 6.36. The maximum Gasteiger partial charge on any atom is 0.207 e. The molecule has 29 heavy (non-hydrogen) atoms. The molecule has 0 N–H and O–H groups in total. The fourth-order valence-electron chi connectivity index (χ4n) is 4.20. The van der Waals surface area contributed by atoms with E-state index in [1.54, 1.807) is 0 Å². The second kappa shape index (κ2) is 12.4. The molecule has 0 saturated carbocycles. The second-order valence-electron chi connectivity index (χ2n) is 8.41. The summed E-state index contributed by atoms with van der Waals surface area (Å²) in [5.74, 6) is 1.07. The summed E-state index contributed by atoms with van der Waals surface area (Å²) < 4.78 is 6.04. The van der Waals surface area contributed by atoms with Crippen LogP contribution in [0.2, 0.25) is 0 Å². The fraction of sp³-hybridized carbons (Fsp3) is 0.708. The minimum absolute atomic E-state index is 0. The molecule has 0 spiro atoms. The maximum absolute atomic E-state index is 6.04. The van der Waals surface area contributed by atoms with Crippen molar-refractivity contribution in [2.75, 3.05) is 36.2 Å². The van der Waals surface area contributed by atoms with Gasteiger partial charge in [-0.25, -0.2) is 0 Å². The van der Waals surface area contributed by atoms with Gasteiger partial charge in [-0.15, -0.1) is 12.4 Å². The Bertz CT molecular complexity index is 662. The van der Waals surface area contributed by atoms with Crippen molar-refractivity contribution in [3.05, 3.63) is 23.3 Å². The minimum Gasteiger partial charge on any atom is -0.361 e. The molecule has 5 heteroatoms. The molecule has 0 amide bonds. The van der Waals surface area contributed by atoms with E-state index in [1.807, 2.05) is 0 Å². The van der Waals surface area contributed by atoms with Crippen molar-refractivity contribution in [1.29, 1.82) is 0 Å². The fourth-order valence-corrected chi connectivity index (χ4v) is 4.20. The molecule has 0 atom stereocenters. The molecular formula is C24H40ClN3O. The van der Waals surface area contributed by atoms with Crippen LogP contribution in [0, 0.1) is 13.8 Å². The lowest BCUT2D eigenvalue weighted by atomic mass is 10.1. The van der Waals surface area contributed by atoms with Gasteiger partial charge in [-0.05, 0) is 43.5 Å². The maximum atomic E-state index is 6.04. The van der Waals surface area contributed by atoms with E-state index in [4.69, 9.17) is 9.73 Å². The van der Waals surface area contributed by atoms with Crippen molar-refractivity contribution in [2.24, 2.45) is 4.99 Å². The molecule has 0 bridgehead atoms. The number of halogens is 1. The Labute approximate surface area is 184 Å². The molecule has 0 fully saturated rings. The summed E-state index contributed by atoms with van der Waals surface area (Å²) >= 11 is 0. The van der Waals surface area contributed by atoms with Crippen molar-refractivity contribution in [3.8, 4) is 0 Å².